The van der Waals surface area contributed by atoms with Crippen molar-refractivity contribution in [2.45, 2.75) is 6.61 Å². The molecule has 120 valence electrons. The first-order chi connectivity index (χ1) is 11.8. The van der Waals surface area contributed by atoms with Crippen LogP contribution in [0.3, 0.4) is 0 Å². The Morgan fingerprint density at radius 1 is 1.17 bits per heavy atom. The highest BCUT2D eigenvalue weighted by Crippen LogP contribution is 2.42. The first kappa shape index (κ1) is 14.8. The lowest BCUT2D eigenvalue weighted by Crippen LogP contribution is -2.11. The van der Waals surface area contributed by atoms with E-state index in [-0.39, 0.29) is 5.91 Å². The number of rotatable bonds is 3. The Morgan fingerprint density at radius 3 is 2.83 bits per heavy atom. The van der Waals surface area contributed by atoms with E-state index in [0.29, 0.717) is 22.9 Å². The summed E-state index contributed by atoms with van der Waals surface area (Å²) in [5.41, 5.74) is 2.75. The van der Waals surface area contributed by atoms with Gasteiger partial charge in [-0.1, -0.05) is 24.3 Å². The average Bonchev–Trinajstić information content (AvgIpc) is 3.07. The van der Waals surface area contributed by atoms with Gasteiger partial charge in [0.25, 0.3) is 5.91 Å². The van der Waals surface area contributed by atoms with Gasteiger partial charge in [0.05, 0.1) is 17.7 Å². The van der Waals surface area contributed by atoms with Crippen molar-refractivity contribution in [2.24, 2.45) is 0 Å². The van der Waals surface area contributed by atoms with E-state index in [1.54, 1.807) is 7.11 Å². The van der Waals surface area contributed by atoms with E-state index in [4.69, 9.17) is 9.47 Å². The third-order valence-corrected chi connectivity index (χ3v) is 5.11. The molecule has 0 aliphatic carbocycles. The zero-order valence-corrected chi connectivity index (χ0v) is 13.9. The van der Waals surface area contributed by atoms with Gasteiger partial charge in [-0.3, -0.25) is 4.79 Å². The fraction of sp³-hybridized carbons (Fsp3) is 0.105. The Bertz CT molecular complexity index is 916. The van der Waals surface area contributed by atoms with Crippen LogP contribution in [0.15, 0.2) is 54.6 Å². The van der Waals surface area contributed by atoms with Crippen LogP contribution in [0.5, 0.6) is 11.5 Å². The second-order valence-corrected chi connectivity index (χ2v) is 6.46. The molecular weight excluding hydrogens is 322 g/mol. The molecule has 1 aliphatic rings. The molecule has 0 saturated carbocycles. The number of anilines is 1. The molecule has 0 fully saturated rings. The third kappa shape index (κ3) is 2.53. The molecule has 0 spiro atoms. The molecule has 0 atom stereocenters. The summed E-state index contributed by atoms with van der Waals surface area (Å²) in [5, 5.41) is 2.92. The molecule has 0 unspecified atom stereocenters. The quantitative estimate of drug-likeness (QED) is 0.762. The molecule has 0 saturated heterocycles. The molecule has 2 aromatic carbocycles. The number of hydrogen-bond donors (Lipinski definition) is 1. The maximum atomic E-state index is 12.6. The summed E-state index contributed by atoms with van der Waals surface area (Å²) in [7, 11) is 1.59. The Labute approximate surface area is 143 Å². The van der Waals surface area contributed by atoms with Gasteiger partial charge in [-0.25, -0.2) is 0 Å². The predicted molar refractivity (Wildman–Crippen MR) is 95.0 cm³/mol. The summed E-state index contributed by atoms with van der Waals surface area (Å²) in [6.45, 7) is 0.491. The molecule has 1 N–H and O–H groups in total. The summed E-state index contributed by atoms with van der Waals surface area (Å²) in [6, 6.07) is 17.2. The normalized spacial score (nSPS) is 11.9. The molecule has 1 aromatic heterocycles. The average molecular weight is 337 g/mol. The number of thiophene rings is 1. The Kier molecular flexibility index (Phi) is 3.70. The topological polar surface area (TPSA) is 47.6 Å². The highest BCUT2D eigenvalue weighted by atomic mass is 32.1. The van der Waals surface area contributed by atoms with Crippen molar-refractivity contribution in [1.82, 2.24) is 0 Å². The maximum absolute atomic E-state index is 12.6. The molecule has 0 bridgehead atoms. The second kappa shape index (κ2) is 6.02. The van der Waals surface area contributed by atoms with Crippen LogP contribution in [0.1, 0.15) is 15.2 Å². The summed E-state index contributed by atoms with van der Waals surface area (Å²) in [6.07, 6.45) is 0. The second-order valence-electron chi connectivity index (χ2n) is 5.40. The number of para-hydroxylation sites is 3. The van der Waals surface area contributed by atoms with Crippen molar-refractivity contribution in [3.05, 3.63) is 65.0 Å². The number of nitrogens with one attached hydrogen (secondary N) is 1. The molecule has 2 heterocycles. The van der Waals surface area contributed by atoms with Gasteiger partial charge in [-0.2, -0.15) is 0 Å². The van der Waals surface area contributed by atoms with Gasteiger partial charge in [0.2, 0.25) is 0 Å². The van der Waals surface area contributed by atoms with Crippen molar-refractivity contribution in [1.29, 1.82) is 0 Å². The van der Waals surface area contributed by atoms with Crippen LogP contribution in [0.2, 0.25) is 0 Å². The monoisotopic (exact) mass is 337 g/mol. The van der Waals surface area contributed by atoms with Crippen LogP contribution in [0.4, 0.5) is 5.69 Å². The number of hydrogen-bond acceptors (Lipinski definition) is 4. The lowest BCUT2D eigenvalue weighted by Gasteiger charge is -2.16. The van der Waals surface area contributed by atoms with E-state index in [9.17, 15) is 4.79 Å². The minimum absolute atomic E-state index is 0.142. The molecule has 1 amide bonds. The predicted octanol–water partition coefficient (Wildman–Crippen LogP) is 4.57. The van der Waals surface area contributed by atoms with E-state index >= 15 is 0 Å². The first-order valence-corrected chi connectivity index (χ1v) is 8.37. The van der Waals surface area contributed by atoms with Gasteiger partial charge in [0, 0.05) is 16.0 Å². The lowest BCUT2D eigenvalue weighted by atomic mass is 10.1. The van der Waals surface area contributed by atoms with Crippen LogP contribution in [0.25, 0.3) is 10.4 Å². The van der Waals surface area contributed by atoms with E-state index in [1.165, 1.54) is 11.3 Å². The third-order valence-electron chi connectivity index (χ3n) is 3.90. The van der Waals surface area contributed by atoms with Gasteiger partial charge < -0.3 is 14.8 Å². The smallest absolute Gasteiger partial charge is 0.265 e. The van der Waals surface area contributed by atoms with E-state index in [1.807, 2.05) is 54.6 Å². The van der Waals surface area contributed by atoms with Gasteiger partial charge >= 0.3 is 0 Å². The van der Waals surface area contributed by atoms with Crippen LogP contribution in [-0.4, -0.2) is 13.0 Å². The van der Waals surface area contributed by atoms with E-state index < -0.39 is 0 Å². The largest absolute Gasteiger partial charge is 0.495 e. The number of methoxy groups -OCH3 is 1. The number of carbonyl (C=O) groups is 1. The van der Waals surface area contributed by atoms with Crippen LogP contribution >= 0.6 is 11.3 Å². The lowest BCUT2D eigenvalue weighted by molar-refractivity contribution is 0.103. The first-order valence-electron chi connectivity index (χ1n) is 7.55. The standard InChI is InChI=1S/C19H15NO3S/c1-22-16-9-5-3-7-14(16)20-19(21)17-10-12-11-23-15-8-4-2-6-13(15)18(12)24-17/h2-10H,11H2,1H3,(H,20,21). The summed E-state index contributed by atoms with van der Waals surface area (Å²) >= 11 is 1.49. The van der Waals surface area contributed by atoms with Gasteiger partial charge in [-0.15, -0.1) is 11.3 Å². The fourth-order valence-electron chi connectivity index (χ4n) is 2.74. The van der Waals surface area contributed by atoms with Crippen LogP contribution < -0.4 is 14.8 Å². The fourth-order valence-corrected chi connectivity index (χ4v) is 3.84. The zero-order chi connectivity index (χ0) is 16.5. The Morgan fingerprint density at radius 2 is 1.96 bits per heavy atom. The van der Waals surface area contributed by atoms with E-state index in [2.05, 4.69) is 5.32 Å². The molecule has 24 heavy (non-hydrogen) atoms. The highest BCUT2D eigenvalue weighted by molar-refractivity contribution is 7.17. The summed E-state index contributed by atoms with van der Waals surface area (Å²) in [4.78, 5) is 14.4. The van der Waals surface area contributed by atoms with Crippen molar-refractivity contribution >= 4 is 22.9 Å². The van der Waals surface area contributed by atoms with Crippen LogP contribution in [0, 0.1) is 0 Å². The minimum atomic E-state index is -0.142. The van der Waals surface area contributed by atoms with Gasteiger partial charge in [0.1, 0.15) is 18.1 Å². The molecule has 3 aromatic rings. The maximum Gasteiger partial charge on any atom is 0.265 e. The zero-order valence-electron chi connectivity index (χ0n) is 13.0. The molecule has 4 nitrogen and oxygen atoms in total. The highest BCUT2D eigenvalue weighted by Gasteiger charge is 2.22. The van der Waals surface area contributed by atoms with Gasteiger partial charge in [-0.05, 0) is 30.3 Å². The van der Waals surface area contributed by atoms with Crippen LogP contribution in [-0.2, 0) is 6.61 Å². The Balaban J connectivity index is 1.65. The number of carbonyl (C=O) groups excluding carboxylic acids is 1. The number of benzene rings is 2. The molecular formula is C19H15NO3S. The van der Waals surface area contributed by atoms with Crippen molar-refractivity contribution in [3.63, 3.8) is 0 Å². The van der Waals surface area contributed by atoms with Crippen molar-refractivity contribution in [2.75, 3.05) is 12.4 Å². The minimum Gasteiger partial charge on any atom is -0.495 e. The molecule has 5 heteroatoms. The van der Waals surface area contributed by atoms with Crippen molar-refractivity contribution in [3.8, 4) is 21.9 Å². The summed E-state index contributed by atoms with van der Waals surface area (Å²) < 4.78 is 11.0. The molecule has 4 rings (SSSR count). The Hall–Kier alpha value is -2.79. The van der Waals surface area contributed by atoms with Gasteiger partial charge in [0.15, 0.2) is 0 Å². The number of fused-ring (bicyclic) bond motifs is 3. The number of amides is 1. The summed E-state index contributed by atoms with van der Waals surface area (Å²) in [5.74, 6) is 1.36. The van der Waals surface area contributed by atoms with Crippen molar-refractivity contribution < 1.29 is 14.3 Å². The number of ether oxygens (including phenoxy) is 2. The SMILES string of the molecule is COc1ccccc1NC(=O)c1cc2c(s1)-c1ccccc1OC2. The molecule has 1 aliphatic heterocycles. The van der Waals surface area contributed by atoms with E-state index in [0.717, 1.165) is 21.8 Å². The molecule has 0 radical (unpaired) electrons.